The fourth-order valence-electron chi connectivity index (χ4n) is 6.33. The number of aromatic nitrogens is 2. The van der Waals surface area contributed by atoms with E-state index in [1.807, 2.05) is 11.0 Å². The summed E-state index contributed by atoms with van der Waals surface area (Å²) in [6.07, 6.45) is 2.88. The van der Waals surface area contributed by atoms with Crippen LogP contribution in [0.3, 0.4) is 0 Å². The van der Waals surface area contributed by atoms with Gasteiger partial charge in [-0.2, -0.15) is 0 Å². The molecule has 2 heterocycles. The second-order valence-electron chi connectivity index (χ2n) is 12.4. The zero-order valence-corrected chi connectivity index (χ0v) is 30.9. The Labute approximate surface area is 303 Å². The van der Waals surface area contributed by atoms with Crippen molar-refractivity contribution in [3.05, 3.63) is 119 Å². The number of benzene rings is 4. The van der Waals surface area contributed by atoms with Gasteiger partial charge in [0.1, 0.15) is 16.3 Å². The van der Waals surface area contributed by atoms with Crippen LogP contribution in [0.4, 0.5) is 22.7 Å². The van der Waals surface area contributed by atoms with Gasteiger partial charge in [-0.15, -0.1) is 0 Å². The molecule has 0 atom stereocenters. The van der Waals surface area contributed by atoms with E-state index in [0.717, 1.165) is 23.6 Å². The number of sulfonamides is 2. The Morgan fingerprint density at radius 1 is 0.846 bits per heavy atom. The highest BCUT2D eigenvalue weighted by molar-refractivity contribution is 7.93. The molecule has 2 N–H and O–H groups in total. The van der Waals surface area contributed by atoms with Gasteiger partial charge in [0.15, 0.2) is 0 Å². The van der Waals surface area contributed by atoms with E-state index in [-0.39, 0.29) is 32.4 Å². The van der Waals surface area contributed by atoms with Crippen molar-refractivity contribution in [1.82, 2.24) is 9.36 Å². The molecule has 0 saturated carbocycles. The lowest BCUT2D eigenvalue weighted by Crippen LogP contribution is -2.32. The van der Waals surface area contributed by atoms with Gasteiger partial charge in [-0.25, -0.2) is 21.5 Å². The maximum Gasteiger partial charge on any atom is 0.296 e. The Hall–Kier alpha value is -5.54. The molecule has 4 aromatic carbocycles. The number of para-hydroxylation sites is 3. The molecule has 13 nitrogen and oxygen atoms in total. The lowest BCUT2D eigenvalue weighted by Gasteiger charge is -2.30. The molecular formula is C37H40N6O7S2. The Kier molecular flexibility index (Phi) is 10.2. The average molecular weight is 745 g/mol. The molecule has 1 fully saturated rings. The van der Waals surface area contributed by atoms with Crippen molar-refractivity contribution in [2.45, 2.75) is 36.0 Å². The van der Waals surface area contributed by atoms with Gasteiger partial charge in [0.05, 0.1) is 34.8 Å². The number of ether oxygens (including phenoxy) is 1. The molecule has 0 aliphatic carbocycles. The van der Waals surface area contributed by atoms with Gasteiger partial charge in [-0.05, 0) is 86.8 Å². The van der Waals surface area contributed by atoms with Gasteiger partial charge in [-0.3, -0.25) is 23.3 Å². The second-order valence-corrected chi connectivity index (χ2v) is 16.0. The Morgan fingerprint density at radius 2 is 1.54 bits per heavy atom. The molecule has 15 heteroatoms. The molecule has 1 aromatic heterocycles. The predicted octanol–water partition coefficient (Wildman–Crippen LogP) is 5.36. The van der Waals surface area contributed by atoms with E-state index in [0.29, 0.717) is 35.9 Å². The summed E-state index contributed by atoms with van der Waals surface area (Å²) in [5.41, 5.74) is 1.40. The monoisotopic (exact) mass is 744 g/mol. The Bertz CT molecular complexity index is 2400. The maximum absolute atomic E-state index is 13.9. The number of anilines is 4. The van der Waals surface area contributed by atoms with Crippen LogP contribution < -0.4 is 29.5 Å². The van der Waals surface area contributed by atoms with E-state index in [9.17, 15) is 26.4 Å². The first-order valence-electron chi connectivity index (χ1n) is 16.6. The molecule has 1 amide bonds. The fourth-order valence-corrected chi connectivity index (χ4v) is 8.94. The van der Waals surface area contributed by atoms with Crippen molar-refractivity contribution >= 4 is 48.7 Å². The normalized spacial score (nSPS) is 13.4. The van der Waals surface area contributed by atoms with Crippen molar-refractivity contribution in [1.29, 1.82) is 0 Å². The summed E-state index contributed by atoms with van der Waals surface area (Å²) in [6, 6.07) is 25.7. The topological polar surface area (TPSA) is 152 Å². The highest BCUT2D eigenvalue weighted by atomic mass is 32.2. The second kappa shape index (κ2) is 14.6. The lowest BCUT2D eigenvalue weighted by atomic mass is 10.1. The molecule has 0 unspecified atom stereocenters. The SMILES string of the molecule is COc1ccccc1NS(=O)(=O)c1cc(NC(=O)c2cccc(S(=O)(=O)N(C)c3c(C)n(C)n(-c4ccccc4)c3=O)c2)ccc1N1CCCCC1. The van der Waals surface area contributed by atoms with E-state index in [1.165, 1.54) is 49.2 Å². The molecule has 0 radical (unpaired) electrons. The fraction of sp³-hybridized carbons (Fsp3) is 0.243. The molecule has 1 aliphatic rings. The number of carbonyl (C=O) groups is 1. The van der Waals surface area contributed by atoms with Crippen LogP contribution in [-0.2, 0) is 27.1 Å². The summed E-state index contributed by atoms with van der Waals surface area (Å²) >= 11 is 0. The predicted molar refractivity (Wildman–Crippen MR) is 202 cm³/mol. The minimum absolute atomic E-state index is 0.0117. The third-order valence-corrected chi connectivity index (χ3v) is 12.3. The Morgan fingerprint density at radius 3 is 2.25 bits per heavy atom. The number of rotatable bonds is 11. The van der Waals surface area contributed by atoms with E-state index in [1.54, 1.807) is 79.3 Å². The highest BCUT2D eigenvalue weighted by Gasteiger charge is 2.30. The largest absolute Gasteiger partial charge is 0.495 e. The third kappa shape index (κ3) is 7.01. The van der Waals surface area contributed by atoms with Crippen LogP contribution in [0.5, 0.6) is 5.75 Å². The van der Waals surface area contributed by atoms with Crippen molar-refractivity contribution in [2.24, 2.45) is 7.05 Å². The summed E-state index contributed by atoms with van der Waals surface area (Å²) in [5, 5.41) is 2.73. The molecule has 5 aromatic rings. The summed E-state index contributed by atoms with van der Waals surface area (Å²) in [5.74, 6) is -0.311. The quantitative estimate of drug-likeness (QED) is 0.184. The van der Waals surface area contributed by atoms with Gasteiger partial charge < -0.3 is 15.0 Å². The van der Waals surface area contributed by atoms with Crippen molar-refractivity contribution in [3.63, 3.8) is 0 Å². The highest BCUT2D eigenvalue weighted by Crippen LogP contribution is 2.34. The molecule has 1 aliphatic heterocycles. The van der Waals surface area contributed by atoms with E-state index in [4.69, 9.17) is 4.74 Å². The summed E-state index contributed by atoms with van der Waals surface area (Å²) < 4.78 is 67.6. The number of carbonyl (C=O) groups excluding carboxylic acids is 1. The standard InChI is InChI=1S/C37H40N6O7S2/c1-26-35(37(45)43(40(26)2)29-15-7-5-8-16-29)41(3)52(48,49)30-17-13-14-27(24-30)36(44)38-28-20-21-32(42-22-11-6-12-23-42)34(25-28)51(46,47)39-31-18-9-10-19-33(31)50-4/h5,7-10,13-21,24-25,39H,6,11-12,22-23H2,1-4H3,(H,38,44). The van der Waals surface area contributed by atoms with Gasteiger partial charge in [0, 0.05) is 38.4 Å². The number of hydrogen-bond acceptors (Lipinski definition) is 8. The van der Waals surface area contributed by atoms with Crippen LogP contribution in [0.15, 0.2) is 112 Å². The Balaban J connectivity index is 1.30. The van der Waals surface area contributed by atoms with E-state index >= 15 is 0 Å². The van der Waals surface area contributed by atoms with Crippen LogP contribution in [0.2, 0.25) is 0 Å². The summed E-state index contributed by atoms with van der Waals surface area (Å²) in [4.78, 5) is 29.0. The van der Waals surface area contributed by atoms with Gasteiger partial charge >= 0.3 is 0 Å². The van der Waals surface area contributed by atoms with E-state index in [2.05, 4.69) is 10.0 Å². The van der Waals surface area contributed by atoms with Crippen molar-refractivity contribution in [2.75, 3.05) is 46.5 Å². The molecule has 272 valence electrons. The molecule has 0 bridgehead atoms. The third-order valence-electron chi connectivity index (χ3n) is 9.15. The first-order chi connectivity index (χ1) is 24.8. The number of nitrogens with zero attached hydrogens (tertiary/aromatic N) is 4. The van der Waals surface area contributed by atoms with E-state index < -0.39 is 31.5 Å². The lowest BCUT2D eigenvalue weighted by molar-refractivity contribution is 0.102. The van der Waals surface area contributed by atoms with Gasteiger partial charge in [0.2, 0.25) is 0 Å². The van der Waals surface area contributed by atoms with Gasteiger partial charge in [-0.1, -0.05) is 36.4 Å². The average Bonchev–Trinajstić information content (AvgIpc) is 3.38. The summed E-state index contributed by atoms with van der Waals surface area (Å²) in [6.45, 7) is 3.02. The maximum atomic E-state index is 13.9. The first kappa shape index (κ1) is 36.3. The number of amides is 1. The smallest absolute Gasteiger partial charge is 0.296 e. The molecule has 6 rings (SSSR count). The summed E-state index contributed by atoms with van der Waals surface area (Å²) in [7, 11) is -4.06. The van der Waals surface area contributed by atoms with Crippen molar-refractivity contribution in [3.8, 4) is 11.4 Å². The molecule has 0 spiro atoms. The van der Waals surface area contributed by atoms with Crippen LogP contribution in [-0.4, -0.2) is 59.4 Å². The minimum Gasteiger partial charge on any atom is -0.495 e. The number of piperidine rings is 1. The first-order valence-corrected chi connectivity index (χ1v) is 19.5. The minimum atomic E-state index is -4.31. The van der Waals surface area contributed by atoms with Crippen LogP contribution >= 0.6 is 0 Å². The van der Waals surface area contributed by atoms with Crippen LogP contribution in [0.25, 0.3) is 5.69 Å². The number of hydrogen-bond donors (Lipinski definition) is 2. The van der Waals surface area contributed by atoms with Crippen LogP contribution in [0, 0.1) is 6.92 Å². The number of methoxy groups -OCH3 is 1. The number of nitrogens with one attached hydrogen (secondary N) is 2. The van der Waals surface area contributed by atoms with Crippen molar-refractivity contribution < 1.29 is 26.4 Å². The zero-order chi connectivity index (χ0) is 37.2. The molecule has 52 heavy (non-hydrogen) atoms. The zero-order valence-electron chi connectivity index (χ0n) is 29.2. The molecule has 1 saturated heterocycles. The van der Waals surface area contributed by atoms with Gasteiger partial charge in [0.25, 0.3) is 31.5 Å². The van der Waals surface area contributed by atoms with Crippen LogP contribution in [0.1, 0.15) is 35.3 Å². The molecular weight excluding hydrogens is 705 g/mol.